The highest BCUT2D eigenvalue weighted by Crippen LogP contribution is 2.41. The molecule has 0 amide bonds. The van der Waals surface area contributed by atoms with Gasteiger partial charge in [-0.2, -0.15) is 0 Å². The van der Waals surface area contributed by atoms with E-state index >= 15 is 0 Å². The number of pyridine rings is 1. The minimum atomic E-state index is -2.59. The number of aromatic nitrogens is 1. The lowest BCUT2D eigenvalue weighted by atomic mass is 9.92. The zero-order valence-electron chi connectivity index (χ0n) is 17.1. The van der Waals surface area contributed by atoms with E-state index in [1.54, 1.807) is 16.7 Å². The molecule has 2 aliphatic heterocycles. The number of benzene rings is 1. The Bertz CT molecular complexity index is 970. The average molecular weight is 420 g/mol. The molecular formula is C22H26F2N2O4. The molecule has 4 rings (SSSR count). The smallest absolute Gasteiger partial charge is 0.272 e. The van der Waals surface area contributed by atoms with Gasteiger partial charge in [-0.1, -0.05) is 0 Å². The van der Waals surface area contributed by atoms with Gasteiger partial charge in [-0.15, -0.1) is 0 Å². The number of methoxy groups -OCH3 is 1. The van der Waals surface area contributed by atoms with Crippen molar-refractivity contribution in [3.63, 3.8) is 0 Å². The van der Waals surface area contributed by atoms with Crippen LogP contribution in [0.3, 0.4) is 0 Å². The number of rotatable bonds is 7. The Morgan fingerprint density at radius 3 is 2.80 bits per heavy atom. The molecule has 30 heavy (non-hydrogen) atoms. The summed E-state index contributed by atoms with van der Waals surface area (Å²) in [6, 6.07) is 6.99. The van der Waals surface area contributed by atoms with Gasteiger partial charge in [0.15, 0.2) is 11.5 Å². The van der Waals surface area contributed by atoms with Gasteiger partial charge in [-0.3, -0.25) is 4.79 Å². The lowest BCUT2D eigenvalue weighted by molar-refractivity contribution is 0.0804. The highest BCUT2D eigenvalue weighted by Gasteiger charge is 2.26. The molecule has 1 saturated heterocycles. The summed E-state index contributed by atoms with van der Waals surface area (Å²) in [5.74, 6) is 0.646. The van der Waals surface area contributed by atoms with Crippen LogP contribution in [0.5, 0.6) is 11.5 Å². The minimum absolute atomic E-state index is 0.0373. The summed E-state index contributed by atoms with van der Waals surface area (Å²) >= 11 is 0. The molecule has 2 atom stereocenters. The van der Waals surface area contributed by atoms with Crippen molar-refractivity contribution in [2.24, 2.45) is 0 Å². The summed E-state index contributed by atoms with van der Waals surface area (Å²) in [7, 11) is 1.48. The van der Waals surface area contributed by atoms with Gasteiger partial charge in [-0.05, 0) is 49.9 Å². The van der Waals surface area contributed by atoms with Crippen LogP contribution in [0.25, 0.3) is 11.3 Å². The second kappa shape index (κ2) is 8.63. The summed E-state index contributed by atoms with van der Waals surface area (Å²) in [5, 5.41) is 3.31. The maximum atomic E-state index is 12.9. The molecule has 0 aliphatic carbocycles. The van der Waals surface area contributed by atoms with Crippen molar-refractivity contribution in [2.45, 2.75) is 44.8 Å². The molecule has 0 bridgehead atoms. The molecule has 0 radical (unpaired) electrons. The zero-order chi connectivity index (χ0) is 21.3. The minimum Gasteiger partial charge on any atom is -0.493 e. The summed E-state index contributed by atoms with van der Waals surface area (Å²) in [6.45, 7) is 2.67. The van der Waals surface area contributed by atoms with Crippen molar-refractivity contribution < 1.29 is 23.0 Å². The molecule has 0 saturated carbocycles. The van der Waals surface area contributed by atoms with Crippen LogP contribution >= 0.6 is 0 Å². The van der Waals surface area contributed by atoms with Crippen molar-refractivity contribution in [2.75, 3.05) is 32.2 Å². The molecule has 1 N–H and O–H groups in total. The summed E-state index contributed by atoms with van der Waals surface area (Å²) < 4.78 is 43.4. The monoisotopic (exact) mass is 420 g/mol. The Kier molecular flexibility index (Phi) is 5.94. The lowest BCUT2D eigenvalue weighted by Gasteiger charge is -2.29. The Morgan fingerprint density at radius 2 is 2.10 bits per heavy atom. The molecule has 8 heteroatoms. The Hall–Kier alpha value is -2.61. The second-order valence-corrected chi connectivity index (χ2v) is 7.77. The van der Waals surface area contributed by atoms with Crippen LogP contribution in [-0.2, 0) is 11.2 Å². The standard InChI is InChI=1S/C22H26F2N2O4/c1-13-6-14-7-19(28-2)20(30-12-21(23)24)10-17(14)18-8-15(9-22(27)26(13)18)25-11-16-4-3-5-29-16/h7-10,13,16,21,25H,3-6,11-12H2,1-2H3. The lowest BCUT2D eigenvalue weighted by Crippen LogP contribution is -2.29. The fourth-order valence-corrected chi connectivity index (χ4v) is 4.23. The SMILES string of the molecule is COc1cc2c(cc1OCC(F)F)-c1cc(NCC3CCCO3)cc(=O)n1C(C)C2. The van der Waals surface area contributed by atoms with Crippen LogP contribution in [0.15, 0.2) is 29.1 Å². The quantitative estimate of drug-likeness (QED) is 0.737. The number of alkyl halides is 2. The van der Waals surface area contributed by atoms with Gasteiger partial charge in [0.2, 0.25) is 0 Å². The van der Waals surface area contributed by atoms with Crippen LogP contribution < -0.4 is 20.3 Å². The van der Waals surface area contributed by atoms with Crippen LogP contribution in [0, 0.1) is 0 Å². The van der Waals surface area contributed by atoms with Gasteiger partial charge in [0.05, 0.1) is 18.9 Å². The Morgan fingerprint density at radius 1 is 1.27 bits per heavy atom. The predicted molar refractivity (Wildman–Crippen MR) is 110 cm³/mol. The molecule has 1 aromatic heterocycles. The van der Waals surface area contributed by atoms with Crippen molar-refractivity contribution >= 4 is 5.69 Å². The maximum absolute atomic E-state index is 12.9. The van der Waals surface area contributed by atoms with Gasteiger partial charge in [0, 0.05) is 36.5 Å². The van der Waals surface area contributed by atoms with E-state index in [0.29, 0.717) is 24.4 Å². The van der Waals surface area contributed by atoms with E-state index in [4.69, 9.17) is 14.2 Å². The molecule has 1 fully saturated rings. The largest absolute Gasteiger partial charge is 0.493 e. The summed E-state index contributed by atoms with van der Waals surface area (Å²) in [6.07, 6.45) is 0.244. The fourth-order valence-electron chi connectivity index (χ4n) is 4.23. The van der Waals surface area contributed by atoms with Crippen molar-refractivity contribution in [3.8, 4) is 22.8 Å². The van der Waals surface area contributed by atoms with Crippen LogP contribution in [0.4, 0.5) is 14.5 Å². The van der Waals surface area contributed by atoms with E-state index in [2.05, 4.69) is 5.32 Å². The predicted octanol–water partition coefficient (Wildman–Crippen LogP) is 3.88. The molecule has 2 unspecified atom stereocenters. The van der Waals surface area contributed by atoms with Gasteiger partial charge in [-0.25, -0.2) is 8.78 Å². The maximum Gasteiger partial charge on any atom is 0.272 e. The molecular weight excluding hydrogens is 394 g/mol. The number of fused-ring (bicyclic) bond motifs is 3. The number of hydrogen-bond acceptors (Lipinski definition) is 5. The first kappa shape index (κ1) is 20.7. The fraction of sp³-hybridized carbons (Fsp3) is 0.500. The first-order valence-electron chi connectivity index (χ1n) is 10.2. The molecule has 6 nitrogen and oxygen atoms in total. The van der Waals surface area contributed by atoms with E-state index in [1.807, 2.05) is 19.1 Å². The average Bonchev–Trinajstić information content (AvgIpc) is 3.23. The van der Waals surface area contributed by atoms with E-state index in [-0.39, 0.29) is 23.5 Å². The Labute approximate surface area is 173 Å². The number of ether oxygens (including phenoxy) is 3. The van der Waals surface area contributed by atoms with Gasteiger partial charge >= 0.3 is 0 Å². The summed E-state index contributed by atoms with van der Waals surface area (Å²) in [4.78, 5) is 12.9. The van der Waals surface area contributed by atoms with Gasteiger partial charge in [0.25, 0.3) is 12.0 Å². The van der Waals surface area contributed by atoms with Gasteiger partial charge in [0.1, 0.15) is 6.61 Å². The Balaban J connectivity index is 1.71. The molecule has 1 aromatic carbocycles. The van der Waals surface area contributed by atoms with E-state index in [1.165, 1.54) is 7.11 Å². The second-order valence-electron chi connectivity index (χ2n) is 7.77. The van der Waals surface area contributed by atoms with Crippen LogP contribution in [0.1, 0.15) is 31.4 Å². The number of halogens is 2. The van der Waals surface area contributed by atoms with Crippen molar-refractivity contribution in [1.29, 1.82) is 0 Å². The number of anilines is 1. The van der Waals surface area contributed by atoms with E-state index in [0.717, 1.165) is 36.3 Å². The van der Waals surface area contributed by atoms with Crippen LogP contribution in [-0.4, -0.2) is 44.0 Å². The molecule has 2 aromatic rings. The topological polar surface area (TPSA) is 61.7 Å². The molecule has 2 aliphatic rings. The normalized spacial score (nSPS) is 20.0. The zero-order valence-corrected chi connectivity index (χ0v) is 17.1. The van der Waals surface area contributed by atoms with E-state index in [9.17, 15) is 13.6 Å². The van der Waals surface area contributed by atoms with Gasteiger partial charge < -0.3 is 24.1 Å². The highest BCUT2D eigenvalue weighted by molar-refractivity contribution is 5.73. The van der Waals surface area contributed by atoms with Crippen molar-refractivity contribution in [3.05, 3.63) is 40.2 Å². The van der Waals surface area contributed by atoms with Crippen LogP contribution in [0.2, 0.25) is 0 Å². The number of hydrogen-bond donors (Lipinski definition) is 1. The molecule has 162 valence electrons. The number of nitrogens with one attached hydrogen (secondary N) is 1. The number of nitrogens with zero attached hydrogens (tertiary/aromatic N) is 1. The van der Waals surface area contributed by atoms with E-state index < -0.39 is 13.0 Å². The first-order chi connectivity index (χ1) is 14.5. The third-order valence-electron chi connectivity index (χ3n) is 5.61. The molecule has 0 spiro atoms. The summed E-state index contributed by atoms with van der Waals surface area (Å²) in [5.41, 5.74) is 3.12. The first-order valence-corrected chi connectivity index (χ1v) is 10.2. The molecule has 3 heterocycles. The third-order valence-corrected chi connectivity index (χ3v) is 5.61. The highest BCUT2D eigenvalue weighted by atomic mass is 19.3. The third kappa shape index (κ3) is 4.14. The van der Waals surface area contributed by atoms with Crippen molar-refractivity contribution in [1.82, 2.24) is 4.57 Å².